The average Bonchev–Trinajstić information content (AvgIpc) is 3.04. The summed E-state index contributed by atoms with van der Waals surface area (Å²) in [6, 6.07) is 6.16. The van der Waals surface area contributed by atoms with E-state index in [1.165, 1.54) is 12.1 Å². The number of urea groups is 1. The Morgan fingerprint density at radius 2 is 1.77 bits per heavy atom. The fourth-order valence-corrected chi connectivity index (χ4v) is 5.71. The number of piperidine rings is 1. The van der Waals surface area contributed by atoms with Crippen molar-refractivity contribution in [3.8, 4) is 0 Å². The predicted octanol–water partition coefficient (Wildman–Crippen LogP) is 2.18. The Bertz CT molecular complexity index is 905. The summed E-state index contributed by atoms with van der Waals surface area (Å²) in [5.74, 6) is -0.229. The lowest BCUT2D eigenvalue weighted by atomic mass is 9.98. The van der Waals surface area contributed by atoms with Crippen molar-refractivity contribution in [2.75, 3.05) is 38.1 Å². The van der Waals surface area contributed by atoms with E-state index in [2.05, 4.69) is 10.6 Å². The molecule has 2 fully saturated rings. The smallest absolute Gasteiger partial charge is 0.408 e. The number of hydrogen-bond acceptors (Lipinski definition) is 6. The van der Waals surface area contributed by atoms with E-state index in [-0.39, 0.29) is 16.8 Å². The molecule has 2 heterocycles. The van der Waals surface area contributed by atoms with Crippen molar-refractivity contribution in [1.29, 1.82) is 0 Å². The lowest BCUT2D eigenvalue weighted by Crippen LogP contribution is -2.50. The highest BCUT2D eigenvalue weighted by Gasteiger charge is 2.38. The van der Waals surface area contributed by atoms with Crippen LogP contribution < -0.4 is 15.5 Å². The molecule has 0 bridgehead atoms. The van der Waals surface area contributed by atoms with Gasteiger partial charge in [0.1, 0.15) is 11.0 Å². The van der Waals surface area contributed by atoms with Gasteiger partial charge in [0.15, 0.2) is 9.84 Å². The summed E-state index contributed by atoms with van der Waals surface area (Å²) >= 11 is 0. The number of likely N-dealkylation sites (N-methyl/N-ethyl adjacent to an activating group) is 1. The molecular formula is C21H32N4O5S. The third-order valence-electron chi connectivity index (χ3n) is 5.50. The van der Waals surface area contributed by atoms with E-state index in [9.17, 15) is 18.0 Å². The van der Waals surface area contributed by atoms with Crippen LogP contribution in [0, 0.1) is 5.92 Å². The van der Waals surface area contributed by atoms with Crippen LogP contribution in [0.2, 0.25) is 0 Å². The first-order chi connectivity index (χ1) is 14.5. The number of ether oxygens (including phenoxy) is 1. The van der Waals surface area contributed by atoms with E-state index in [1.807, 2.05) is 0 Å². The highest BCUT2D eigenvalue weighted by Crippen LogP contribution is 2.28. The Kier molecular flexibility index (Phi) is 6.80. The van der Waals surface area contributed by atoms with Crippen molar-refractivity contribution < 1.29 is 22.7 Å². The van der Waals surface area contributed by atoms with Gasteiger partial charge in [-0.25, -0.2) is 18.0 Å². The molecule has 3 amide bonds. The van der Waals surface area contributed by atoms with Crippen LogP contribution in [0.4, 0.5) is 15.3 Å². The molecular weight excluding hydrogens is 420 g/mol. The monoisotopic (exact) mass is 452 g/mol. The third kappa shape index (κ3) is 5.48. The molecule has 1 unspecified atom stereocenters. The van der Waals surface area contributed by atoms with Crippen molar-refractivity contribution >= 4 is 27.6 Å². The molecule has 2 N–H and O–H groups in total. The Balaban J connectivity index is 1.84. The van der Waals surface area contributed by atoms with Gasteiger partial charge in [0.2, 0.25) is 0 Å². The number of carbonyl (C=O) groups excluding carboxylic acids is 2. The topological polar surface area (TPSA) is 108 Å². The molecule has 2 saturated heterocycles. The molecule has 10 heteroatoms. The molecule has 2 aliphatic rings. The molecule has 0 saturated carbocycles. The maximum atomic E-state index is 13.5. The summed E-state index contributed by atoms with van der Waals surface area (Å²) in [5, 5.41) is 4.75. The van der Waals surface area contributed by atoms with Crippen LogP contribution >= 0.6 is 0 Å². The third-order valence-corrected chi connectivity index (χ3v) is 7.60. The zero-order valence-electron chi connectivity index (χ0n) is 18.6. The second kappa shape index (κ2) is 9.04. The van der Waals surface area contributed by atoms with E-state index in [1.54, 1.807) is 49.8 Å². The number of rotatable bonds is 5. The minimum atomic E-state index is -3.87. The second-order valence-electron chi connectivity index (χ2n) is 9.05. The van der Waals surface area contributed by atoms with Crippen LogP contribution in [0.5, 0.6) is 0 Å². The van der Waals surface area contributed by atoms with Gasteiger partial charge in [-0.1, -0.05) is 0 Å². The Labute approximate surface area is 184 Å². The van der Waals surface area contributed by atoms with Crippen molar-refractivity contribution in [2.45, 2.75) is 49.5 Å². The standard InChI is InChI=1S/C21H32N4O5S/c1-21(2,3)30-19(26)23-18(15-9-11-22-12-10-15)31(28,29)17-7-5-16(6-8-17)25-14-13-24(4)20(25)27/h5-8,15,18,22H,9-14H2,1-4H3,(H,23,26). The van der Waals surface area contributed by atoms with Gasteiger partial charge in [0.25, 0.3) is 0 Å². The highest BCUT2D eigenvalue weighted by atomic mass is 32.2. The number of nitrogens with zero attached hydrogens (tertiary/aromatic N) is 2. The number of benzene rings is 1. The van der Waals surface area contributed by atoms with Gasteiger partial charge in [-0.15, -0.1) is 0 Å². The number of amides is 3. The van der Waals surface area contributed by atoms with Crippen molar-refractivity contribution in [1.82, 2.24) is 15.5 Å². The molecule has 0 radical (unpaired) electrons. The zero-order chi connectivity index (χ0) is 22.8. The van der Waals surface area contributed by atoms with E-state index >= 15 is 0 Å². The van der Waals surface area contributed by atoms with E-state index in [4.69, 9.17) is 4.74 Å². The van der Waals surface area contributed by atoms with Crippen LogP contribution in [-0.2, 0) is 14.6 Å². The molecule has 1 aromatic carbocycles. The SMILES string of the molecule is CN1CCN(c2ccc(S(=O)(=O)C(NC(=O)OC(C)(C)C)C3CCNCC3)cc2)C1=O. The van der Waals surface area contributed by atoms with Gasteiger partial charge in [0.05, 0.1) is 4.90 Å². The lowest BCUT2D eigenvalue weighted by molar-refractivity contribution is 0.0503. The van der Waals surface area contributed by atoms with Gasteiger partial charge in [0, 0.05) is 25.8 Å². The molecule has 31 heavy (non-hydrogen) atoms. The maximum absolute atomic E-state index is 13.5. The second-order valence-corrected chi connectivity index (χ2v) is 11.1. The van der Waals surface area contributed by atoms with Gasteiger partial charge in [-0.05, 0) is 76.9 Å². The predicted molar refractivity (Wildman–Crippen MR) is 118 cm³/mol. The zero-order valence-corrected chi connectivity index (χ0v) is 19.4. The summed E-state index contributed by atoms with van der Waals surface area (Å²) in [6.07, 6.45) is 0.514. The quantitative estimate of drug-likeness (QED) is 0.709. The number of nitrogens with one attached hydrogen (secondary N) is 2. The molecule has 0 aromatic heterocycles. The summed E-state index contributed by atoms with van der Waals surface area (Å²) in [4.78, 5) is 28.0. The van der Waals surface area contributed by atoms with Crippen LogP contribution in [0.1, 0.15) is 33.6 Å². The average molecular weight is 453 g/mol. The molecule has 9 nitrogen and oxygen atoms in total. The Morgan fingerprint density at radius 3 is 2.29 bits per heavy atom. The molecule has 0 aliphatic carbocycles. The van der Waals surface area contributed by atoms with Crippen LogP contribution in [-0.4, -0.2) is 69.6 Å². The van der Waals surface area contributed by atoms with E-state index < -0.39 is 26.9 Å². The molecule has 0 spiro atoms. The fourth-order valence-electron chi connectivity index (χ4n) is 3.87. The number of anilines is 1. The number of alkyl carbamates (subject to hydrolysis) is 1. The maximum Gasteiger partial charge on any atom is 0.408 e. The summed E-state index contributed by atoms with van der Waals surface area (Å²) in [7, 11) is -2.14. The number of carbonyl (C=O) groups is 2. The van der Waals surface area contributed by atoms with E-state index in [0.717, 1.165) is 0 Å². The molecule has 2 aliphatic heterocycles. The Hall–Kier alpha value is -2.33. The van der Waals surface area contributed by atoms with Crippen molar-refractivity contribution in [3.05, 3.63) is 24.3 Å². The van der Waals surface area contributed by atoms with Crippen LogP contribution in [0.25, 0.3) is 0 Å². The van der Waals surface area contributed by atoms with Crippen LogP contribution in [0.3, 0.4) is 0 Å². The first kappa shape index (κ1) is 23.3. The summed E-state index contributed by atoms with van der Waals surface area (Å²) in [6.45, 7) is 7.76. The normalized spacial score (nSPS) is 19.4. The van der Waals surface area contributed by atoms with Gasteiger partial charge in [-0.3, -0.25) is 4.90 Å². The molecule has 172 valence electrons. The summed E-state index contributed by atoms with van der Waals surface area (Å²) < 4.78 is 32.3. The Morgan fingerprint density at radius 1 is 1.16 bits per heavy atom. The minimum absolute atomic E-state index is 0.107. The number of sulfone groups is 1. The first-order valence-corrected chi connectivity index (χ1v) is 12.1. The lowest BCUT2D eigenvalue weighted by Gasteiger charge is -2.32. The minimum Gasteiger partial charge on any atom is -0.444 e. The molecule has 1 aromatic rings. The van der Waals surface area contributed by atoms with Crippen molar-refractivity contribution in [3.63, 3.8) is 0 Å². The molecule has 3 rings (SSSR count). The van der Waals surface area contributed by atoms with Gasteiger partial charge >= 0.3 is 12.1 Å². The van der Waals surface area contributed by atoms with Crippen LogP contribution in [0.15, 0.2) is 29.2 Å². The largest absolute Gasteiger partial charge is 0.444 e. The highest BCUT2D eigenvalue weighted by molar-refractivity contribution is 7.92. The van der Waals surface area contributed by atoms with Gasteiger partial charge < -0.3 is 20.3 Å². The van der Waals surface area contributed by atoms with Gasteiger partial charge in [-0.2, -0.15) is 0 Å². The fraction of sp³-hybridized carbons (Fsp3) is 0.619. The number of hydrogen-bond donors (Lipinski definition) is 2. The molecule has 1 atom stereocenters. The van der Waals surface area contributed by atoms with Crippen molar-refractivity contribution in [2.24, 2.45) is 5.92 Å². The summed E-state index contributed by atoms with van der Waals surface area (Å²) in [5.41, 5.74) is -0.0873. The first-order valence-electron chi connectivity index (χ1n) is 10.6. The van der Waals surface area contributed by atoms with E-state index in [0.29, 0.717) is 44.7 Å².